The maximum Gasteiger partial charge on any atom is 0.150 e. The zero-order chi connectivity index (χ0) is 11.3. The van der Waals surface area contributed by atoms with E-state index in [1.54, 1.807) is 6.20 Å². The third-order valence-corrected chi connectivity index (χ3v) is 3.28. The van der Waals surface area contributed by atoms with E-state index in [1.807, 2.05) is 6.07 Å². The monoisotopic (exact) mass is 224 g/mol. The largest absolute Gasteiger partial charge is 0.389 e. The fourth-order valence-electron chi connectivity index (χ4n) is 2.32. The highest BCUT2D eigenvalue weighted by Crippen LogP contribution is 2.26. The second-order valence-corrected chi connectivity index (χ2v) is 4.72. The molecular weight excluding hydrogens is 204 g/mol. The maximum atomic E-state index is 10.4. The Bertz CT molecular complexity index is 290. The van der Waals surface area contributed by atoms with E-state index in [-0.39, 0.29) is 0 Å². The summed E-state index contributed by atoms with van der Waals surface area (Å²) in [5.74, 6) is 0.817. The number of aromatic nitrogens is 1. The van der Waals surface area contributed by atoms with E-state index in [0.717, 1.165) is 31.4 Å². The van der Waals surface area contributed by atoms with Gasteiger partial charge in [0.15, 0.2) is 0 Å². The van der Waals surface area contributed by atoms with Crippen LogP contribution in [-0.4, -0.2) is 22.4 Å². The molecule has 0 bridgehead atoms. The zero-order valence-corrected chi connectivity index (χ0v) is 9.61. The van der Waals surface area contributed by atoms with E-state index in [0.29, 0.717) is 13.1 Å². The molecule has 0 aromatic carbocycles. The summed E-state index contributed by atoms with van der Waals surface area (Å²) >= 11 is 0. The average molecular weight is 224 g/mol. The van der Waals surface area contributed by atoms with Crippen LogP contribution in [0.15, 0.2) is 16.8 Å². The molecule has 4 nitrogen and oxygen atoms in total. The van der Waals surface area contributed by atoms with Crippen molar-refractivity contribution in [2.75, 3.05) is 6.54 Å². The fraction of sp³-hybridized carbons (Fsp3) is 0.750. The van der Waals surface area contributed by atoms with Crippen LogP contribution >= 0.6 is 0 Å². The molecule has 1 aromatic rings. The lowest BCUT2D eigenvalue weighted by Crippen LogP contribution is -2.39. The van der Waals surface area contributed by atoms with Crippen molar-refractivity contribution in [1.29, 1.82) is 0 Å². The Kier molecular flexibility index (Phi) is 3.96. The minimum Gasteiger partial charge on any atom is -0.389 e. The van der Waals surface area contributed by atoms with Gasteiger partial charge in [-0.1, -0.05) is 30.8 Å². The van der Waals surface area contributed by atoms with Crippen LogP contribution in [0.1, 0.15) is 44.3 Å². The van der Waals surface area contributed by atoms with Gasteiger partial charge in [0, 0.05) is 12.6 Å². The molecule has 0 spiro atoms. The molecule has 1 saturated carbocycles. The van der Waals surface area contributed by atoms with Crippen molar-refractivity contribution < 1.29 is 9.63 Å². The molecule has 1 aromatic heterocycles. The third-order valence-electron chi connectivity index (χ3n) is 3.28. The van der Waals surface area contributed by atoms with Gasteiger partial charge < -0.3 is 14.9 Å². The van der Waals surface area contributed by atoms with Crippen LogP contribution in [-0.2, 0) is 6.54 Å². The standard InChI is InChI=1S/C12H20N2O2/c15-12(6-3-1-2-4-7-12)10-13-9-11-5-8-14-16-11/h5,8,13,15H,1-4,6-7,9-10H2. The Morgan fingerprint density at radius 1 is 1.31 bits per heavy atom. The lowest BCUT2D eigenvalue weighted by molar-refractivity contribution is 0.0246. The Balaban J connectivity index is 1.75. The number of aliphatic hydroxyl groups is 1. The molecule has 0 saturated heterocycles. The van der Waals surface area contributed by atoms with E-state index in [1.165, 1.54) is 12.8 Å². The average Bonchev–Trinajstić information content (AvgIpc) is 2.68. The van der Waals surface area contributed by atoms with E-state index in [2.05, 4.69) is 10.5 Å². The predicted molar refractivity (Wildman–Crippen MR) is 60.9 cm³/mol. The summed E-state index contributed by atoms with van der Waals surface area (Å²) in [6.07, 6.45) is 8.25. The summed E-state index contributed by atoms with van der Waals surface area (Å²) in [6.45, 7) is 1.29. The smallest absolute Gasteiger partial charge is 0.150 e. The number of hydrogen-bond acceptors (Lipinski definition) is 4. The first-order valence-electron chi connectivity index (χ1n) is 6.11. The molecule has 1 aliphatic rings. The van der Waals surface area contributed by atoms with Crippen molar-refractivity contribution in [3.63, 3.8) is 0 Å². The molecule has 0 amide bonds. The second kappa shape index (κ2) is 5.46. The number of rotatable bonds is 4. The molecule has 1 aliphatic carbocycles. The van der Waals surface area contributed by atoms with Crippen molar-refractivity contribution >= 4 is 0 Å². The minimum absolute atomic E-state index is 0.517. The molecule has 90 valence electrons. The first-order valence-corrected chi connectivity index (χ1v) is 6.11. The highest BCUT2D eigenvalue weighted by Gasteiger charge is 2.27. The van der Waals surface area contributed by atoms with E-state index >= 15 is 0 Å². The number of nitrogens with zero attached hydrogens (tertiary/aromatic N) is 1. The predicted octanol–water partition coefficient (Wildman–Crippen LogP) is 1.85. The summed E-state index contributed by atoms with van der Waals surface area (Å²) < 4.78 is 4.99. The van der Waals surface area contributed by atoms with Gasteiger partial charge in [0.1, 0.15) is 5.76 Å². The second-order valence-electron chi connectivity index (χ2n) is 4.72. The fourth-order valence-corrected chi connectivity index (χ4v) is 2.32. The quantitative estimate of drug-likeness (QED) is 0.766. The summed E-state index contributed by atoms with van der Waals surface area (Å²) in [5, 5.41) is 17.3. The maximum absolute atomic E-state index is 10.4. The molecule has 1 heterocycles. The van der Waals surface area contributed by atoms with Crippen LogP contribution in [0.5, 0.6) is 0 Å². The molecule has 16 heavy (non-hydrogen) atoms. The molecule has 0 aliphatic heterocycles. The van der Waals surface area contributed by atoms with Gasteiger partial charge in [-0.15, -0.1) is 0 Å². The molecule has 0 radical (unpaired) electrons. The normalized spacial score (nSPS) is 20.6. The van der Waals surface area contributed by atoms with E-state index < -0.39 is 5.60 Å². The van der Waals surface area contributed by atoms with Crippen molar-refractivity contribution in [1.82, 2.24) is 10.5 Å². The lowest BCUT2D eigenvalue weighted by atomic mass is 9.94. The van der Waals surface area contributed by atoms with Gasteiger partial charge in [-0.25, -0.2) is 0 Å². The van der Waals surface area contributed by atoms with Gasteiger partial charge in [-0.2, -0.15) is 0 Å². The van der Waals surface area contributed by atoms with Crippen molar-refractivity contribution in [2.45, 2.75) is 50.7 Å². The first kappa shape index (κ1) is 11.6. The van der Waals surface area contributed by atoms with Crippen molar-refractivity contribution in [2.24, 2.45) is 0 Å². The Morgan fingerprint density at radius 3 is 2.69 bits per heavy atom. The van der Waals surface area contributed by atoms with Crippen LogP contribution in [0.2, 0.25) is 0 Å². The van der Waals surface area contributed by atoms with E-state index in [9.17, 15) is 5.11 Å². The van der Waals surface area contributed by atoms with Crippen LogP contribution in [0.3, 0.4) is 0 Å². The van der Waals surface area contributed by atoms with Crippen molar-refractivity contribution in [3.05, 3.63) is 18.0 Å². The van der Waals surface area contributed by atoms with Gasteiger partial charge in [-0.3, -0.25) is 0 Å². The number of hydrogen-bond donors (Lipinski definition) is 2. The molecule has 2 N–H and O–H groups in total. The lowest BCUT2D eigenvalue weighted by Gasteiger charge is -2.26. The summed E-state index contributed by atoms with van der Waals surface area (Å²) in [6, 6.07) is 1.84. The molecule has 4 heteroatoms. The van der Waals surface area contributed by atoms with Crippen LogP contribution in [0.4, 0.5) is 0 Å². The van der Waals surface area contributed by atoms with Crippen LogP contribution in [0.25, 0.3) is 0 Å². The van der Waals surface area contributed by atoms with Gasteiger partial charge in [0.2, 0.25) is 0 Å². The van der Waals surface area contributed by atoms with Gasteiger partial charge >= 0.3 is 0 Å². The highest BCUT2D eigenvalue weighted by molar-refractivity contribution is 4.93. The van der Waals surface area contributed by atoms with E-state index in [4.69, 9.17) is 4.52 Å². The van der Waals surface area contributed by atoms with Crippen LogP contribution < -0.4 is 5.32 Å². The highest BCUT2D eigenvalue weighted by atomic mass is 16.5. The minimum atomic E-state index is -0.517. The Hall–Kier alpha value is -0.870. The molecule has 1 fully saturated rings. The van der Waals surface area contributed by atoms with Gasteiger partial charge in [-0.05, 0) is 12.8 Å². The molecule has 0 unspecified atom stereocenters. The summed E-state index contributed by atoms with van der Waals surface area (Å²) in [4.78, 5) is 0. The third kappa shape index (κ3) is 3.32. The van der Waals surface area contributed by atoms with Crippen LogP contribution in [0, 0.1) is 0 Å². The van der Waals surface area contributed by atoms with Gasteiger partial charge in [0.25, 0.3) is 0 Å². The Labute approximate surface area is 96.0 Å². The molecule has 0 atom stereocenters. The summed E-state index contributed by atoms with van der Waals surface area (Å²) in [5.41, 5.74) is -0.517. The topological polar surface area (TPSA) is 58.3 Å². The first-order chi connectivity index (χ1) is 7.79. The van der Waals surface area contributed by atoms with Gasteiger partial charge in [0.05, 0.1) is 18.3 Å². The number of nitrogens with one attached hydrogen (secondary N) is 1. The SMILES string of the molecule is OC1(CNCc2ccno2)CCCCCC1. The Morgan fingerprint density at radius 2 is 2.06 bits per heavy atom. The summed E-state index contributed by atoms with van der Waals surface area (Å²) in [7, 11) is 0. The zero-order valence-electron chi connectivity index (χ0n) is 9.61. The molecule has 2 rings (SSSR count). The van der Waals surface area contributed by atoms with Crippen molar-refractivity contribution in [3.8, 4) is 0 Å². The molecular formula is C12H20N2O2.